The van der Waals surface area contributed by atoms with E-state index in [-0.39, 0.29) is 5.54 Å². The average molecular weight is 246 g/mol. The van der Waals surface area contributed by atoms with E-state index in [4.69, 9.17) is 5.73 Å². The number of nitrogens with two attached hydrogens (primary N) is 1. The molecule has 1 aliphatic rings. The van der Waals surface area contributed by atoms with Crippen molar-refractivity contribution < 1.29 is 0 Å². The summed E-state index contributed by atoms with van der Waals surface area (Å²) >= 11 is 0. The Morgan fingerprint density at radius 3 is 2.72 bits per heavy atom. The van der Waals surface area contributed by atoms with Gasteiger partial charge in [-0.3, -0.25) is 5.10 Å². The summed E-state index contributed by atoms with van der Waals surface area (Å²) in [6.07, 6.45) is 4.91. The van der Waals surface area contributed by atoms with Gasteiger partial charge in [0.15, 0.2) is 5.82 Å². The highest BCUT2D eigenvalue weighted by Gasteiger charge is 2.37. The largest absolute Gasteiger partial charge is 0.338 e. The summed E-state index contributed by atoms with van der Waals surface area (Å²) in [5.41, 5.74) is 6.78. The maximum Gasteiger partial charge on any atom is 0.199 e. The number of nitrogens with one attached hydrogen (secondary N) is 2. The van der Waals surface area contributed by atoms with Gasteiger partial charge in [0.1, 0.15) is 17.3 Å². The molecule has 2 aromatic heterocycles. The summed E-state index contributed by atoms with van der Waals surface area (Å²) in [6.45, 7) is 4.15. The van der Waals surface area contributed by atoms with Crippen LogP contribution in [0, 0.1) is 0 Å². The first-order chi connectivity index (χ1) is 8.58. The minimum atomic E-state index is -0.268. The van der Waals surface area contributed by atoms with Gasteiger partial charge in [0, 0.05) is 5.92 Å². The maximum absolute atomic E-state index is 6.23. The second kappa shape index (κ2) is 3.91. The van der Waals surface area contributed by atoms with Crippen molar-refractivity contribution >= 4 is 0 Å². The van der Waals surface area contributed by atoms with Gasteiger partial charge in [0.25, 0.3) is 0 Å². The molecule has 4 N–H and O–H groups in total. The first kappa shape index (κ1) is 11.4. The fraction of sp³-hybridized carbons (Fsp3) is 0.583. The van der Waals surface area contributed by atoms with Crippen molar-refractivity contribution in [3.63, 3.8) is 0 Å². The standard InChI is InChI=1S/C12H18N6/c1-7(2)9-16-10(18-17-9)8-6-14-11(15-8)12(13)4-3-5-12/h6-7H,3-5,13H2,1-2H3,(H,14,15)(H,16,17,18). The zero-order valence-corrected chi connectivity index (χ0v) is 10.7. The average Bonchev–Trinajstić information content (AvgIpc) is 2.94. The second-order valence-electron chi connectivity index (χ2n) is 5.35. The van der Waals surface area contributed by atoms with Crippen LogP contribution in [-0.2, 0) is 5.54 Å². The number of hydrogen-bond donors (Lipinski definition) is 3. The van der Waals surface area contributed by atoms with Crippen LogP contribution in [0.2, 0.25) is 0 Å². The highest BCUT2D eigenvalue weighted by Crippen LogP contribution is 2.37. The number of aromatic nitrogens is 5. The summed E-state index contributed by atoms with van der Waals surface area (Å²) in [5, 5.41) is 7.14. The molecule has 0 radical (unpaired) electrons. The van der Waals surface area contributed by atoms with Gasteiger partial charge in [-0.2, -0.15) is 5.10 Å². The molecular weight excluding hydrogens is 228 g/mol. The molecule has 2 aromatic rings. The summed E-state index contributed by atoms with van der Waals surface area (Å²) < 4.78 is 0. The minimum Gasteiger partial charge on any atom is -0.338 e. The van der Waals surface area contributed by atoms with Crippen molar-refractivity contribution in [1.82, 2.24) is 25.1 Å². The van der Waals surface area contributed by atoms with Gasteiger partial charge in [0.2, 0.25) is 0 Å². The van der Waals surface area contributed by atoms with Crippen molar-refractivity contribution in [3.05, 3.63) is 17.8 Å². The fourth-order valence-corrected chi connectivity index (χ4v) is 2.14. The van der Waals surface area contributed by atoms with Crippen LogP contribution in [0.15, 0.2) is 6.20 Å². The Labute approximate surface area is 105 Å². The zero-order valence-electron chi connectivity index (χ0n) is 10.7. The first-order valence-corrected chi connectivity index (χ1v) is 6.35. The summed E-state index contributed by atoms with van der Waals surface area (Å²) in [7, 11) is 0. The molecule has 0 unspecified atom stereocenters. The van der Waals surface area contributed by atoms with Gasteiger partial charge < -0.3 is 10.7 Å². The third-order valence-electron chi connectivity index (χ3n) is 3.58. The van der Waals surface area contributed by atoms with Crippen molar-refractivity contribution in [2.75, 3.05) is 0 Å². The molecule has 0 saturated heterocycles. The SMILES string of the molecule is CC(C)c1nc(-c2cnc(C3(N)CCC3)[nH]2)n[nH]1. The van der Waals surface area contributed by atoms with E-state index in [2.05, 4.69) is 39.0 Å². The van der Waals surface area contributed by atoms with E-state index < -0.39 is 0 Å². The number of hydrogen-bond acceptors (Lipinski definition) is 4. The van der Waals surface area contributed by atoms with E-state index in [1.54, 1.807) is 6.20 Å². The molecular formula is C12H18N6. The molecule has 6 heteroatoms. The molecule has 6 nitrogen and oxygen atoms in total. The molecule has 0 aromatic carbocycles. The fourth-order valence-electron chi connectivity index (χ4n) is 2.14. The summed E-state index contributed by atoms with van der Waals surface area (Å²) in [5.74, 6) is 2.72. The lowest BCUT2D eigenvalue weighted by Crippen LogP contribution is -2.44. The molecule has 0 aliphatic heterocycles. The van der Waals surface area contributed by atoms with Gasteiger partial charge in [-0.25, -0.2) is 9.97 Å². The van der Waals surface area contributed by atoms with Crippen LogP contribution in [0.5, 0.6) is 0 Å². The van der Waals surface area contributed by atoms with Crippen molar-refractivity contribution in [3.8, 4) is 11.5 Å². The molecule has 18 heavy (non-hydrogen) atoms. The highest BCUT2D eigenvalue weighted by atomic mass is 15.2. The lowest BCUT2D eigenvalue weighted by atomic mass is 9.77. The molecule has 0 bridgehead atoms. The summed E-state index contributed by atoms with van der Waals surface area (Å²) in [4.78, 5) is 12.0. The zero-order chi connectivity index (χ0) is 12.8. The molecule has 0 atom stereocenters. The van der Waals surface area contributed by atoms with Gasteiger partial charge in [-0.1, -0.05) is 13.8 Å². The molecule has 96 valence electrons. The van der Waals surface area contributed by atoms with Gasteiger partial charge in [0.05, 0.1) is 11.7 Å². The van der Waals surface area contributed by atoms with E-state index in [1.165, 1.54) is 6.42 Å². The maximum atomic E-state index is 6.23. The van der Waals surface area contributed by atoms with Crippen LogP contribution < -0.4 is 5.73 Å². The highest BCUT2D eigenvalue weighted by molar-refractivity contribution is 5.48. The quantitative estimate of drug-likeness (QED) is 0.767. The van der Waals surface area contributed by atoms with Crippen molar-refractivity contribution in [2.45, 2.75) is 44.6 Å². The normalized spacial score (nSPS) is 18.0. The number of aromatic amines is 2. The molecule has 0 spiro atoms. The van der Waals surface area contributed by atoms with Gasteiger partial charge >= 0.3 is 0 Å². The van der Waals surface area contributed by atoms with E-state index in [1.807, 2.05) is 0 Å². The van der Waals surface area contributed by atoms with Crippen LogP contribution >= 0.6 is 0 Å². The molecule has 1 fully saturated rings. The number of rotatable bonds is 3. The molecule has 0 amide bonds. The van der Waals surface area contributed by atoms with E-state index in [0.29, 0.717) is 11.7 Å². The van der Waals surface area contributed by atoms with Crippen LogP contribution in [0.3, 0.4) is 0 Å². The second-order valence-corrected chi connectivity index (χ2v) is 5.35. The predicted molar refractivity (Wildman–Crippen MR) is 67.8 cm³/mol. The van der Waals surface area contributed by atoms with Crippen molar-refractivity contribution in [1.29, 1.82) is 0 Å². The number of H-pyrrole nitrogens is 2. The Morgan fingerprint density at radius 1 is 1.39 bits per heavy atom. The lowest BCUT2D eigenvalue weighted by Gasteiger charge is -2.35. The molecule has 1 aliphatic carbocycles. The molecule has 1 saturated carbocycles. The minimum absolute atomic E-state index is 0.268. The number of imidazole rings is 1. The third-order valence-corrected chi connectivity index (χ3v) is 3.58. The van der Waals surface area contributed by atoms with Crippen LogP contribution in [-0.4, -0.2) is 25.1 Å². The molecule has 2 heterocycles. The Morgan fingerprint density at radius 2 is 2.17 bits per heavy atom. The van der Waals surface area contributed by atoms with E-state index in [0.717, 1.165) is 30.2 Å². The third kappa shape index (κ3) is 1.73. The lowest BCUT2D eigenvalue weighted by molar-refractivity contribution is 0.240. The Hall–Kier alpha value is -1.69. The first-order valence-electron chi connectivity index (χ1n) is 6.35. The molecule has 3 rings (SSSR count). The number of nitrogens with zero attached hydrogens (tertiary/aromatic N) is 3. The van der Waals surface area contributed by atoms with E-state index in [9.17, 15) is 0 Å². The van der Waals surface area contributed by atoms with Crippen LogP contribution in [0.4, 0.5) is 0 Å². The van der Waals surface area contributed by atoms with Crippen LogP contribution in [0.25, 0.3) is 11.5 Å². The summed E-state index contributed by atoms with van der Waals surface area (Å²) in [6, 6.07) is 0. The van der Waals surface area contributed by atoms with E-state index >= 15 is 0 Å². The smallest absolute Gasteiger partial charge is 0.199 e. The van der Waals surface area contributed by atoms with Gasteiger partial charge in [-0.05, 0) is 19.3 Å². The Balaban J connectivity index is 1.88. The van der Waals surface area contributed by atoms with Gasteiger partial charge in [-0.15, -0.1) is 0 Å². The van der Waals surface area contributed by atoms with Crippen molar-refractivity contribution in [2.24, 2.45) is 5.73 Å². The monoisotopic (exact) mass is 246 g/mol. The van der Waals surface area contributed by atoms with Crippen LogP contribution in [0.1, 0.15) is 50.7 Å². The topological polar surface area (TPSA) is 96.3 Å². The Kier molecular flexibility index (Phi) is 2.48. The Bertz CT molecular complexity index is 548. The predicted octanol–water partition coefficient (Wildman–Crippen LogP) is 1.66.